The highest BCUT2D eigenvalue weighted by molar-refractivity contribution is 7.99. The van der Waals surface area contributed by atoms with E-state index in [0.29, 0.717) is 0 Å². The molecule has 0 aliphatic carbocycles. The summed E-state index contributed by atoms with van der Waals surface area (Å²) in [6.45, 7) is 7.48. The molecule has 0 bridgehead atoms. The predicted octanol–water partition coefficient (Wildman–Crippen LogP) is 2.37. The van der Waals surface area contributed by atoms with Gasteiger partial charge in [0.05, 0.1) is 6.04 Å². The average molecular weight is 258 g/mol. The Morgan fingerprint density at radius 3 is 2.82 bits per heavy atom. The van der Waals surface area contributed by atoms with E-state index in [1.165, 1.54) is 25.7 Å². The van der Waals surface area contributed by atoms with Gasteiger partial charge in [0.15, 0.2) is 0 Å². The molecule has 17 heavy (non-hydrogen) atoms. The summed E-state index contributed by atoms with van der Waals surface area (Å²) in [4.78, 5) is 11.8. The van der Waals surface area contributed by atoms with Gasteiger partial charge in [-0.25, -0.2) is 0 Å². The fourth-order valence-corrected chi connectivity index (χ4v) is 2.90. The van der Waals surface area contributed by atoms with Crippen molar-refractivity contribution in [2.45, 2.75) is 52.5 Å². The van der Waals surface area contributed by atoms with Crippen LogP contribution in [0, 0.1) is 5.41 Å². The third-order valence-corrected chi connectivity index (χ3v) is 4.17. The molecule has 1 atom stereocenters. The Morgan fingerprint density at radius 2 is 2.24 bits per heavy atom. The van der Waals surface area contributed by atoms with Crippen molar-refractivity contribution in [3.8, 4) is 0 Å². The van der Waals surface area contributed by atoms with Crippen LogP contribution in [0.1, 0.15) is 46.5 Å². The number of carbonyl (C=O) groups is 1. The fourth-order valence-electron chi connectivity index (χ4n) is 1.96. The van der Waals surface area contributed by atoms with Gasteiger partial charge in [0.2, 0.25) is 5.91 Å². The van der Waals surface area contributed by atoms with Crippen LogP contribution in [0.2, 0.25) is 0 Å². The zero-order valence-electron chi connectivity index (χ0n) is 11.3. The number of thioether (sulfide) groups is 1. The molecular weight excluding hydrogens is 232 g/mol. The molecule has 0 aromatic heterocycles. The third-order valence-electron chi connectivity index (χ3n) is 3.23. The van der Waals surface area contributed by atoms with Crippen molar-refractivity contribution in [3.05, 3.63) is 0 Å². The highest BCUT2D eigenvalue weighted by Gasteiger charge is 2.24. The van der Waals surface area contributed by atoms with E-state index in [1.807, 2.05) is 0 Å². The van der Waals surface area contributed by atoms with Gasteiger partial charge in [0, 0.05) is 18.2 Å². The van der Waals surface area contributed by atoms with Gasteiger partial charge in [-0.05, 0) is 11.8 Å². The Labute approximate surface area is 109 Å². The lowest BCUT2D eigenvalue weighted by Crippen LogP contribution is -2.45. The first-order valence-electron chi connectivity index (χ1n) is 6.64. The number of amides is 1. The van der Waals surface area contributed by atoms with E-state index in [1.54, 1.807) is 11.8 Å². The number of hydrogen-bond acceptors (Lipinski definition) is 3. The number of carbonyl (C=O) groups excluding carboxylic acids is 1. The largest absolute Gasteiger partial charge is 0.354 e. The van der Waals surface area contributed by atoms with Crippen LogP contribution >= 0.6 is 11.8 Å². The molecule has 0 spiro atoms. The summed E-state index contributed by atoms with van der Waals surface area (Å²) in [6.07, 6.45) is 4.99. The molecule has 1 aliphatic heterocycles. The number of nitrogens with one attached hydrogen (secondary N) is 2. The van der Waals surface area contributed by atoms with Crippen LogP contribution in [0.5, 0.6) is 0 Å². The van der Waals surface area contributed by atoms with Crippen molar-refractivity contribution in [1.82, 2.24) is 10.6 Å². The van der Waals surface area contributed by atoms with Crippen LogP contribution in [0.25, 0.3) is 0 Å². The standard InChI is InChI=1S/C13H26N2OS/c1-4-5-6-7-13(2,3)9-14-12(16)11-8-17-10-15-11/h11,15H,4-10H2,1-3H3,(H,14,16). The van der Waals surface area contributed by atoms with E-state index < -0.39 is 0 Å². The molecule has 1 aliphatic rings. The molecular formula is C13H26N2OS. The Kier molecular flexibility index (Phi) is 6.34. The fraction of sp³-hybridized carbons (Fsp3) is 0.923. The van der Waals surface area contributed by atoms with E-state index in [9.17, 15) is 4.79 Å². The van der Waals surface area contributed by atoms with Gasteiger partial charge in [-0.15, -0.1) is 11.8 Å². The quantitative estimate of drug-likeness (QED) is 0.689. The molecule has 0 aromatic carbocycles. The minimum Gasteiger partial charge on any atom is -0.354 e. The molecule has 1 rings (SSSR count). The molecule has 0 aromatic rings. The smallest absolute Gasteiger partial charge is 0.238 e. The van der Waals surface area contributed by atoms with Gasteiger partial charge in [-0.2, -0.15) is 0 Å². The number of rotatable bonds is 7. The Hall–Kier alpha value is -0.220. The Balaban J connectivity index is 2.20. The van der Waals surface area contributed by atoms with E-state index >= 15 is 0 Å². The van der Waals surface area contributed by atoms with Gasteiger partial charge in [0.25, 0.3) is 0 Å². The van der Waals surface area contributed by atoms with E-state index in [2.05, 4.69) is 31.4 Å². The molecule has 0 radical (unpaired) electrons. The molecule has 3 nitrogen and oxygen atoms in total. The van der Waals surface area contributed by atoms with Crippen LogP contribution in [-0.2, 0) is 4.79 Å². The highest BCUT2D eigenvalue weighted by atomic mass is 32.2. The maximum absolute atomic E-state index is 11.8. The molecule has 1 amide bonds. The molecule has 1 saturated heterocycles. The monoisotopic (exact) mass is 258 g/mol. The van der Waals surface area contributed by atoms with Gasteiger partial charge in [0.1, 0.15) is 0 Å². The minimum absolute atomic E-state index is 0.0199. The second-order valence-corrected chi connectivity index (χ2v) is 6.64. The summed E-state index contributed by atoms with van der Waals surface area (Å²) in [7, 11) is 0. The summed E-state index contributed by atoms with van der Waals surface area (Å²) >= 11 is 1.79. The van der Waals surface area contributed by atoms with Crippen LogP contribution in [0.4, 0.5) is 0 Å². The van der Waals surface area contributed by atoms with Crippen molar-refractivity contribution < 1.29 is 4.79 Å². The van der Waals surface area contributed by atoms with Crippen molar-refractivity contribution in [2.75, 3.05) is 18.2 Å². The lowest BCUT2D eigenvalue weighted by Gasteiger charge is -2.25. The zero-order valence-corrected chi connectivity index (χ0v) is 12.2. The number of hydrogen-bond donors (Lipinski definition) is 2. The summed E-state index contributed by atoms with van der Waals surface area (Å²) in [5, 5.41) is 6.27. The van der Waals surface area contributed by atoms with Crippen LogP contribution in [0.15, 0.2) is 0 Å². The van der Waals surface area contributed by atoms with Crippen LogP contribution in [-0.4, -0.2) is 30.1 Å². The first kappa shape index (κ1) is 14.8. The molecule has 1 unspecified atom stereocenters. The minimum atomic E-state index is 0.0199. The van der Waals surface area contributed by atoms with Crippen LogP contribution in [0.3, 0.4) is 0 Å². The first-order chi connectivity index (χ1) is 8.05. The summed E-state index contributed by atoms with van der Waals surface area (Å²) in [5.74, 6) is 1.97. The normalized spacial score (nSPS) is 20.5. The van der Waals surface area contributed by atoms with E-state index in [4.69, 9.17) is 0 Å². The van der Waals surface area contributed by atoms with Crippen molar-refractivity contribution in [2.24, 2.45) is 5.41 Å². The third kappa shape index (κ3) is 5.77. The van der Waals surface area contributed by atoms with E-state index in [-0.39, 0.29) is 17.4 Å². The van der Waals surface area contributed by atoms with Crippen molar-refractivity contribution >= 4 is 17.7 Å². The van der Waals surface area contributed by atoms with Crippen molar-refractivity contribution in [1.29, 1.82) is 0 Å². The highest BCUT2D eigenvalue weighted by Crippen LogP contribution is 2.22. The summed E-state index contributed by atoms with van der Waals surface area (Å²) in [5.41, 5.74) is 0.219. The van der Waals surface area contributed by atoms with Gasteiger partial charge >= 0.3 is 0 Å². The maximum Gasteiger partial charge on any atom is 0.238 e. The van der Waals surface area contributed by atoms with Gasteiger partial charge in [-0.1, -0.05) is 40.0 Å². The molecule has 1 fully saturated rings. The topological polar surface area (TPSA) is 41.1 Å². The SMILES string of the molecule is CCCCCC(C)(C)CNC(=O)C1CSCN1. The second-order valence-electron chi connectivity index (χ2n) is 5.61. The molecule has 2 N–H and O–H groups in total. The molecule has 100 valence electrons. The lowest BCUT2D eigenvalue weighted by atomic mass is 9.87. The Morgan fingerprint density at radius 1 is 1.47 bits per heavy atom. The lowest BCUT2D eigenvalue weighted by molar-refractivity contribution is -0.122. The average Bonchev–Trinajstić information content (AvgIpc) is 2.80. The van der Waals surface area contributed by atoms with Crippen molar-refractivity contribution in [3.63, 3.8) is 0 Å². The summed E-state index contributed by atoms with van der Waals surface area (Å²) < 4.78 is 0. The molecule has 4 heteroatoms. The Bertz CT molecular complexity index is 238. The predicted molar refractivity (Wildman–Crippen MR) is 75.2 cm³/mol. The zero-order chi connectivity index (χ0) is 12.7. The summed E-state index contributed by atoms with van der Waals surface area (Å²) in [6, 6.07) is 0.0199. The maximum atomic E-state index is 11.8. The molecule has 1 heterocycles. The van der Waals surface area contributed by atoms with Gasteiger partial charge < -0.3 is 5.32 Å². The number of unbranched alkanes of at least 4 members (excludes halogenated alkanes) is 2. The van der Waals surface area contributed by atoms with Gasteiger partial charge in [-0.3, -0.25) is 10.1 Å². The van der Waals surface area contributed by atoms with Crippen LogP contribution < -0.4 is 10.6 Å². The second kappa shape index (κ2) is 7.27. The van der Waals surface area contributed by atoms with E-state index in [0.717, 1.165) is 18.2 Å². The first-order valence-corrected chi connectivity index (χ1v) is 7.79. The molecule has 0 saturated carbocycles.